The molecule has 5 heteroatoms. The Hall–Kier alpha value is -3.47. The van der Waals surface area contributed by atoms with E-state index in [0.717, 1.165) is 12.1 Å². The minimum Gasteiger partial charge on any atom is -0.419 e. The topological polar surface area (TPSA) is 52.6 Å². The van der Waals surface area contributed by atoms with Crippen LogP contribution in [0, 0.1) is 5.82 Å². The van der Waals surface area contributed by atoms with Crippen LogP contribution in [-0.2, 0) is 0 Å². The van der Waals surface area contributed by atoms with Gasteiger partial charge in [0.2, 0.25) is 0 Å². The molecule has 3 aromatic carbocycles. The predicted octanol–water partition coefficient (Wildman–Crippen LogP) is 4.26. The molecule has 0 saturated carbocycles. The zero-order chi connectivity index (χ0) is 17.6. The van der Waals surface area contributed by atoms with E-state index in [1.165, 1.54) is 6.07 Å². The van der Waals surface area contributed by atoms with Crippen LogP contribution < -0.4 is 9.47 Å². The van der Waals surface area contributed by atoms with Crippen LogP contribution in [0.2, 0.25) is 0 Å². The molecule has 0 aliphatic carbocycles. The molecular weight excluding hydrogens is 323 g/mol. The van der Waals surface area contributed by atoms with Gasteiger partial charge in [-0.05, 0) is 36.4 Å². The maximum absolute atomic E-state index is 13.5. The highest BCUT2D eigenvalue weighted by Gasteiger charge is 2.17. The lowest BCUT2D eigenvalue weighted by molar-refractivity contribution is 0.0682. The predicted molar refractivity (Wildman–Crippen MR) is 89.2 cm³/mol. The SMILES string of the molecule is O=C(Oc1ccc(F)cc1OC(=O)c1ccccc1)c1ccccc1. The van der Waals surface area contributed by atoms with Gasteiger partial charge >= 0.3 is 11.9 Å². The average molecular weight is 336 g/mol. The summed E-state index contributed by atoms with van der Waals surface area (Å²) < 4.78 is 24.0. The molecule has 0 fully saturated rings. The van der Waals surface area contributed by atoms with Crippen molar-refractivity contribution in [3.63, 3.8) is 0 Å². The summed E-state index contributed by atoms with van der Waals surface area (Å²) in [6, 6.07) is 19.9. The lowest BCUT2D eigenvalue weighted by Gasteiger charge is -2.10. The second-order valence-electron chi connectivity index (χ2n) is 5.10. The number of ether oxygens (including phenoxy) is 2. The molecule has 0 radical (unpaired) electrons. The van der Waals surface area contributed by atoms with Gasteiger partial charge in [-0.25, -0.2) is 14.0 Å². The van der Waals surface area contributed by atoms with Crippen LogP contribution in [0.15, 0.2) is 78.9 Å². The van der Waals surface area contributed by atoms with Crippen molar-refractivity contribution in [1.29, 1.82) is 0 Å². The monoisotopic (exact) mass is 336 g/mol. The van der Waals surface area contributed by atoms with E-state index in [9.17, 15) is 14.0 Å². The highest BCUT2D eigenvalue weighted by Crippen LogP contribution is 2.29. The van der Waals surface area contributed by atoms with Crippen LogP contribution in [0.1, 0.15) is 20.7 Å². The largest absolute Gasteiger partial charge is 0.419 e. The third-order valence-corrected chi connectivity index (χ3v) is 3.33. The molecule has 0 heterocycles. The first-order valence-electron chi connectivity index (χ1n) is 7.47. The van der Waals surface area contributed by atoms with Gasteiger partial charge < -0.3 is 9.47 Å². The zero-order valence-corrected chi connectivity index (χ0v) is 13.0. The number of esters is 2. The van der Waals surface area contributed by atoms with Crippen molar-refractivity contribution in [2.24, 2.45) is 0 Å². The van der Waals surface area contributed by atoms with E-state index in [1.54, 1.807) is 60.7 Å². The molecule has 0 saturated heterocycles. The van der Waals surface area contributed by atoms with E-state index < -0.39 is 17.8 Å². The summed E-state index contributed by atoms with van der Waals surface area (Å²) in [6.07, 6.45) is 0. The molecule has 0 unspecified atom stereocenters. The molecule has 4 nitrogen and oxygen atoms in total. The maximum atomic E-state index is 13.5. The summed E-state index contributed by atoms with van der Waals surface area (Å²) in [7, 11) is 0. The Labute approximate surface area is 143 Å². The van der Waals surface area contributed by atoms with Crippen molar-refractivity contribution in [2.75, 3.05) is 0 Å². The van der Waals surface area contributed by atoms with Crippen molar-refractivity contribution in [2.45, 2.75) is 0 Å². The average Bonchev–Trinajstić information content (AvgIpc) is 2.65. The summed E-state index contributed by atoms with van der Waals surface area (Å²) >= 11 is 0. The number of hydrogen-bond donors (Lipinski definition) is 0. The van der Waals surface area contributed by atoms with Gasteiger partial charge in [0.15, 0.2) is 11.5 Å². The van der Waals surface area contributed by atoms with Crippen molar-refractivity contribution < 1.29 is 23.5 Å². The molecule has 3 aromatic rings. The molecule has 0 atom stereocenters. The first-order valence-corrected chi connectivity index (χ1v) is 7.47. The van der Waals surface area contributed by atoms with E-state index in [0.29, 0.717) is 11.1 Å². The van der Waals surface area contributed by atoms with Crippen molar-refractivity contribution in [3.05, 3.63) is 95.8 Å². The summed E-state index contributed by atoms with van der Waals surface area (Å²) in [5.74, 6) is -2.14. The van der Waals surface area contributed by atoms with Crippen LogP contribution in [0.3, 0.4) is 0 Å². The zero-order valence-electron chi connectivity index (χ0n) is 13.0. The lowest BCUT2D eigenvalue weighted by atomic mass is 10.2. The summed E-state index contributed by atoms with van der Waals surface area (Å²) in [5, 5.41) is 0. The van der Waals surface area contributed by atoms with E-state index in [4.69, 9.17) is 9.47 Å². The highest BCUT2D eigenvalue weighted by molar-refractivity contribution is 5.93. The molecule has 0 aromatic heterocycles. The van der Waals surface area contributed by atoms with Gasteiger partial charge in [0.05, 0.1) is 11.1 Å². The quantitative estimate of drug-likeness (QED) is 0.527. The third-order valence-electron chi connectivity index (χ3n) is 3.33. The summed E-state index contributed by atoms with van der Waals surface area (Å²) in [6.45, 7) is 0. The molecule has 0 N–H and O–H groups in total. The Balaban J connectivity index is 1.83. The molecule has 25 heavy (non-hydrogen) atoms. The summed E-state index contributed by atoms with van der Waals surface area (Å²) in [4.78, 5) is 24.3. The van der Waals surface area contributed by atoms with Crippen LogP contribution in [0.4, 0.5) is 4.39 Å². The minimum atomic E-state index is -0.678. The number of hydrogen-bond acceptors (Lipinski definition) is 4. The van der Waals surface area contributed by atoms with Crippen LogP contribution in [0.5, 0.6) is 11.5 Å². The molecule has 0 aliphatic heterocycles. The number of benzene rings is 3. The number of rotatable bonds is 4. The summed E-state index contributed by atoms with van der Waals surface area (Å²) in [5.41, 5.74) is 0.624. The Bertz CT molecular complexity index is 892. The fraction of sp³-hybridized carbons (Fsp3) is 0. The first kappa shape index (κ1) is 16.4. The van der Waals surface area contributed by atoms with E-state index in [-0.39, 0.29) is 11.5 Å². The van der Waals surface area contributed by atoms with Gasteiger partial charge in [-0.2, -0.15) is 0 Å². The minimum absolute atomic E-state index is 0.0421. The maximum Gasteiger partial charge on any atom is 0.343 e. The Morgan fingerprint density at radius 2 is 1.12 bits per heavy atom. The normalized spacial score (nSPS) is 10.1. The van der Waals surface area contributed by atoms with Gasteiger partial charge in [0.25, 0.3) is 0 Å². The molecule has 0 spiro atoms. The van der Waals surface area contributed by atoms with Crippen molar-refractivity contribution in [1.82, 2.24) is 0 Å². The fourth-order valence-electron chi connectivity index (χ4n) is 2.11. The standard InChI is InChI=1S/C20H13FO4/c21-16-11-12-17(24-19(22)14-7-3-1-4-8-14)18(13-16)25-20(23)15-9-5-2-6-10-15/h1-13H. The first-order chi connectivity index (χ1) is 12.1. The van der Waals surface area contributed by atoms with Gasteiger partial charge in [-0.3, -0.25) is 0 Å². The molecular formula is C20H13FO4. The molecule has 3 rings (SSSR count). The van der Waals surface area contributed by atoms with Gasteiger partial charge in [-0.15, -0.1) is 0 Å². The fourth-order valence-corrected chi connectivity index (χ4v) is 2.11. The van der Waals surface area contributed by atoms with E-state index in [1.807, 2.05) is 0 Å². The molecule has 0 amide bonds. The smallest absolute Gasteiger partial charge is 0.343 e. The second-order valence-corrected chi connectivity index (χ2v) is 5.10. The third kappa shape index (κ3) is 4.09. The van der Waals surface area contributed by atoms with Gasteiger partial charge in [0.1, 0.15) is 5.82 Å². The van der Waals surface area contributed by atoms with Crippen LogP contribution in [0.25, 0.3) is 0 Å². The molecule has 0 bridgehead atoms. The van der Waals surface area contributed by atoms with E-state index >= 15 is 0 Å². The molecule has 124 valence electrons. The van der Waals surface area contributed by atoms with E-state index in [2.05, 4.69) is 0 Å². The highest BCUT2D eigenvalue weighted by atomic mass is 19.1. The Kier molecular flexibility index (Phi) is 4.85. The van der Waals surface area contributed by atoms with Gasteiger partial charge in [0, 0.05) is 6.07 Å². The van der Waals surface area contributed by atoms with Gasteiger partial charge in [-0.1, -0.05) is 36.4 Å². The van der Waals surface area contributed by atoms with Crippen LogP contribution >= 0.6 is 0 Å². The molecule has 0 aliphatic rings. The van der Waals surface area contributed by atoms with Crippen LogP contribution in [-0.4, -0.2) is 11.9 Å². The number of carbonyl (C=O) groups is 2. The number of halogens is 1. The Morgan fingerprint density at radius 3 is 1.64 bits per heavy atom. The Morgan fingerprint density at radius 1 is 0.640 bits per heavy atom. The van der Waals surface area contributed by atoms with Crippen molar-refractivity contribution >= 4 is 11.9 Å². The lowest BCUT2D eigenvalue weighted by Crippen LogP contribution is -2.12. The second kappa shape index (κ2) is 7.40. The number of carbonyl (C=O) groups excluding carboxylic acids is 2. The van der Waals surface area contributed by atoms with Crippen molar-refractivity contribution in [3.8, 4) is 11.5 Å².